The molecule has 1 aromatic carbocycles. The summed E-state index contributed by atoms with van der Waals surface area (Å²) in [6, 6.07) is 5.84. The van der Waals surface area contributed by atoms with E-state index < -0.39 is 21.9 Å². The van der Waals surface area contributed by atoms with Crippen LogP contribution in [0.3, 0.4) is 0 Å². The summed E-state index contributed by atoms with van der Waals surface area (Å²) < 4.78 is 70.0. The Kier molecular flexibility index (Phi) is 4.15. The molecule has 0 fully saturated rings. The Labute approximate surface area is 162 Å². The first-order valence-corrected chi connectivity index (χ1v) is 9.64. The zero-order chi connectivity index (χ0) is 21.0. The van der Waals surface area contributed by atoms with Crippen LogP contribution in [0, 0.1) is 0 Å². The van der Waals surface area contributed by atoms with Crippen molar-refractivity contribution in [2.24, 2.45) is 14.1 Å². The van der Waals surface area contributed by atoms with Crippen LogP contribution in [0.15, 0.2) is 47.8 Å². The molecule has 0 saturated carbocycles. The van der Waals surface area contributed by atoms with Crippen LogP contribution in [0.4, 0.5) is 18.9 Å². The fourth-order valence-electron chi connectivity index (χ4n) is 2.92. The fourth-order valence-corrected chi connectivity index (χ4v) is 3.92. The maximum Gasteiger partial charge on any atom is 0.433 e. The number of benzene rings is 1. The van der Waals surface area contributed by atoms with Crippen molar-refractivity contribution in [2.45, 2.75) is 11.1 Å². The molecule has 9 nitrogen and oxygen atoms in total. The van der Waals surface area contributed by atoms with Gasteiger partial charge in [0.2, 0.25) is 0 Å². The summed E-state index contributed by atoms with van der Waals surface area (Å²) in [6.45, 7) is 0. The molecule has 0 radical (unpaired) electrons. The first-order valence-electron chi connectivity index (χ1n) is 8.16. The molecule has 0 unspecified atom stereocenters. The molecule has 0 aliphatic carbocycles. The molecule has 0 saturated heterocycles. The third kappa shape index (κ3) is 3.33. The third-order valence-electron chi connectivity index (χ3n) is 4.27. The number of halogens is 3. The van der Waals surface area contributed by atoms with Crippen molar-refractivity contribution in [1.82, 2.24) is 29.3 Å². The highest BCUT2D eigenvalue weighted by molar-refractivity contribution is 7.92. The molecule has 3 heterocycles. The van der Waals surface area contributed by atoms with E-state index >= 15 is 0 Å². The number of alkyl halides is 3. The molecule has 0 spiro atoms. The zero-order valence-corrected chi connectivity index (χ0v) is 15.9. The van der Waals surface area contributed by atoms with Crippen molar-refractivity contribution in [3.8, 4) is 5.82 Å². The Bertz CT molecular complexity index is 1320. The minimum atomic E-state index is -4.59. The second-order valence-electron chi connectivity index (χ2n) is 6.25. The number of sulfonamides is 1. The average molecular weight is 425 g/mol. The summed E-state index contributed by atoms with van der Waals surface area (Å²) in [5, 5.41) is 12.4. The van der Waals surface area contributed by atoms with E-state index in [0.29, 0.717) is 15.9 Å². The van der Waals surface area contributed by atoms with E-state index in [4.69, 9.17) is 0 Å². The number of aryl methyl sites for hydroxylation is 2. The number of hydrogen-bond donors (Lipinski definition) is 1. The Morgan fingerprint density at radius 3 is 2.52 bits per heavy atom. The van der Waals surface area contributed by atoms with Crippen LogP contribution in [0.25, 0.3) is 16.7 Å². The summed E-state index contributed by atoms with van der Waals surface area (Å²) >= 11 is 0. The summed E-state index contributed by atoms with van der Waals surface area (Å²) in [6.07, 6.45) is -0.863. The van der Waals surface area contributed by atoms with Gasteiger partial charge in [-0.15, -0.1) is 0 Å². The van der Waals surface area contributed by atoms with Gasteiger partial charge in [0.25, 0.3) is 10.0 Å². The SMILES string of the molecule is Cn1nc(-n2cc(S(=O)(=O)Nc3cccc4cnn(C)c34)cn2)cc1C(F)(F)F. The number of hydrogen-bond acceptors (Lipinski definition) is 5. The molecule has 0 aliphatic rings. The van der Waals surface area contributed by atoms with E-state index in [9.17, 15) is 21.6 Å². The van der Waals surface area contributed by atoms with E-state index in [1.807, 2.05) is 0 Å². The van der Waals surface area contributed by atoms with Gasteiger partial charge >= 0.3 is 6.18 Å². The van der Waals surface area contributed by atoms with Crippen LogP contribution in [-0.2, 0) is 30.3 Å². The van der Waals surface area contributed by atoms with E-state index in [-0.39, 0.29) is 10.7 Å². The quantitative estimate of drug-likeness (QED) is 0.541. The van der Waals surface area contributed by atoms with Crippen LogP contribution in [0.5, 0.6) is 0 Å². The van der Waals surface area contributed by atoms with Gasteiger partial charge in [0.1, 0.15) is 10.6 Å². The summed E-state index contributed by atoms with van der Waals surface area (Å²) in [5.74, 6) is -0.157. The Balaban J connectivity index is 1.68. The molecule has 0 atom stereocenters. The lowest BCUT2D eigenvalue weighted by Gasteiger charge is -2.08. The number of rotatable bonds is 4. The molecule has 13 heteroatoms. The molecule has 1 N–H and O–H groups in total. The van der Waals surface area contributed by atoms with Crippen LogP contribution in [0.2, 0.25) is 0 Å². The van der Waals surface area contributed by atoms with E-state index in [1.54, 1.807) is 31.4 Å². The normalized spacial score (nSPS) is 12.6. The van der Waals surface area contributed by atoms with Gasteiger partial charge in [-0.1, -0.05) is 12.1 Å². The van der Waals surface area contributed by atoms with Crippen molar-refractivity contribution in [3.63, 3.8) is 0 Å². The van der Waals surface area contributed by atoms with Crippen LogP contribution in [0.1, 0.15) is 5.69 Å². The van der Waals surface area contributed by atoms with Gasteiger partial charge in [-0.25, -0.2) is 13.1 Å². The Morgan fingerprint density at radius 1 is 1.07 bits per heavy atom. The van der Waals surface area contributed by atoms with Crippen molar-refractivity contribution in [1.29, 1.82) is 0 Å². The summed E-state index contributed by atoms with van der Waals surface area (Å²) in [4.78, 5) is -0.226. The second-order valence-corrected chi connectivity index (χ2v) is 7.93. The number of para-hydroxylation sites is 1. The average Bonchev–Trinajstić information content (AvgIpc) is 3.33. The summed E-state index contributed by atoms with van der Waals surface area (Å²) in [7, 11) is -1.23. The number of fused-ring (bicyclic) bond motifs is 1. The van der Waals surface area contributed by atoms with Gasteiger partial charge in [-0.3, -0.25) is 14.1 Å². The highest BCUT2D eigenvalue weighted by Crippen LogP contribution is 2.30. The molecule has 4 rings (SSSR count). The number of aromatic nitrogens is 6. The van der Waals surface area contributed by atoms with Crippen LogP contribution < -0.4 is 4.72 Å². The minimum Gasteiger partial charge on any atom is -0.277 e. The van der Waals surface area contributed by atoms with Crippen LogP contribution in [-0.4, -0.2) is 37.8 Å². The van der Waals surface area contributed by atoms with Crippen molar-refractivity contribution < 1.29 is 21.6 Å². The smallest absolute Gasteiger partial charge is 0.277 e. The van der Waals surface area contributed by atoms with Gasteiger partial charge in [-0.05, 0) is 6.07 Å². The molecule has 0 bridgehead atoms. The predicted octanol–water partition coefficient (Wildman–Crippen LogP) is 2.31. The van der Waals surface area contributed by atoms with Crippen molar-refractivity contribution >= 4 is 26.6 Å². The van der Waals surface area contributed by atoms with Crippen molar-refractivity contribution in [3.05, 3.63) is 48.5 Å². The largest absolute Gasteiger partial charge is 0.433 e. The number of nitrogens with zero attached hydrogens (tertiary/aromatic N) is 6. The van der Waals surface area contributed by atoms with Crippen molar-refractivity contribution in [2.75, 3.05) is 4.72 Å². The van der Waals surface area contributed by atoms with Gasteiger partial charge in [-0.2, -0.15) is 28.5 Å². The Morgan fingerprint density at radius 2 is 1.83 bits per heavy atom. The number of anilines is 1. The van der Waals surface area contributed by atoms with Gasteiger partial charge in [0.05, 0.1) is 29.8 Å². The molecular weight excluding hydrogens is 411 g/mol. The number of nitrogens with one attached hydrogen (secondary N) is 1. The Hall–Kier alpha value is -3.35. The highest BCUT2D eigenvalue weighted by atomic mass is 32.2. The van der Waals surface area contributed by atoms with E-state index in [0.717, 1.165) is 35.6 Å². The summed E-state index contributed by atoms with van der Waals surface area (Å²) in [5.41, 5.74) is -0.0797. The monoisotopic (exact) mass is 425 g/mol. The van der Waals surface area contributed by atoms with E-state index in [2.05, 4.69) is 20.0 Å². The first kappa shape index (κ1) is 19.0. The molecule has 0 amide bonds. The lowest BCUT2D eigenvalue weighted by Crippen LogP contribution is -2.13. The molecule has 4 aromatic rings. The molecule has 152 valence electrons. The molecule has 3 aromatic heterocycles. The topological polar surface area (TPSA) is 99.6 Å². The fraction of sp³-hybridized carbons (Fsp3) is 0.188. The van der Waals surface area contributed by atoms with Gasteiger partial charge < -0.3 is 0 Å². The lowest BCUT2D eigenvalue weighted by atomic mass is 10.2. The lowest BCUT2D eigenvalue weighted by molar-refractivity contribution is -0.143. The standard InChI is InChI=1S/C16H14F3N7O2S/c1-24-13(16(17,18)19)6-14(22-24)26-9-11(8-21-26)29(27,28)23-12-5-3-4-10-7-20-25(2)15(10)12/h3-9,23H,1-2H3. The third-order valence-corrected chi connectivity index (χ3v) is 5.59. The molecule has 29 heavy (non-hydrogen) atoms. The zero-order valence-electron chi connectivity index (χ0n) is 15.1. The first-order chi connectivity index (χ1) is 13.6. The molecular formula is C16H14F3N7O2S. The minimum absolute atomic E-state index is 0.157. The maximum atomic E-state index is 12.9. The van der Waals surface area contributed by atoms with Gasteiger partial charge in [0.15, 0.2) is 5.82 Å². The van der Waals surface area contributed by atoms with Gasteiger partial charge in [0, 0.05) is 25.5 Å². The second kappa shape index (κ2) is 6.34. The maximum absolute atomic E-state index is 12.9. The molecule has 0 aliphatic heterocycles. The highest BCUT2D eigenvalue weighted by Gasteiger charge is 2.35. The van der Waals surface area contributed by atoms with E-state index in [1.165, 1.54) is 4.68 Å². The van der Waals surface area contributed by atoms with Crippen LogP contribution >= 0.6 is 0 Å². The predicted molar refractivity (Wildman–Crippen MR) is 96.9 cm³/mol.